The van der Waals surface area contributed by atoms with Crippen molar-refractivity contribution in [3.8, 4) is 0 Å². The zero-order valence-electron chi connectivity index (χ0n) is 35.1. The van der Waals surface area contributed by atoms with E-state index in [1.807, 2.05) is 0 Å². The van der Waals surface area contributed by atoms with Crippen LogP contribution in [0, 0.1) is 0 Å². The number of carbonyl (C=O) groups excluding carboxylic acids is 6. The van der Waals surface area contributed by atoms with E-state index in [2.05, 4.69) is 59.8 Å². The number of rotatable bonds is 18. The summed E-state index contributed by atoms with van der Waals surface area (Å²) in [6.45, 7) is 0. The number of hydrogen-bond donors (Lipinski definition) is 12. The molecule has 67 heavy (non-hydrogen) atoms. The fourth-order valence-electron chi connectivity index (χ4n) is 4.30. The summed E-state index contributed by atoms with van der Waals surface area (Å²) >= 11 is 0. The summed E-state index contributed by atoms with van der Waals surface area (Å²) < 4.78 is 0. The van der Waals surface area contributed by atoms with Gasteiger partial charge in [0.2, 0.25) is 0 Å². The van der Waals surface area contributed by atoms with Crippen LogP contribution in [0.4, 0.5) is 0 Å². The Labute approximate surface area is 393 Å². The molecule has 0 aliphatic carbocycles. The first-order valence-electron chi connectivity index (χ1n) is 18.8. The van der Waals surface area contributed by atoms with E-state index >= 15 is 0 Å². The van der Waals surface area contributed by atoms with Crippen LogP contribution in [0.25, 0.3) is 0 Å². The molecule has 31 heteroatoms. The van der Waals surface area contributed by atoms with Crippen molar-refractivity contribution >= 4 is 35.8 Å². The van der Waals surface area contributed by atoms with Gasteiger partial charge in [0.05, 0.1) is 73.8 Å². The predicted octanol–water partition coefficient (Wildman–Crippen LogP) is -11.8. The fraction of sp³-hybridized carbons (Fsp3) is 0.333. The van der Waals surface area contributed by atoms with Crippen LogP contribution in [0.3, 0.4) is 0 Å². The van der Waals surface area contributed by atoms with E-state index in [-0.39, 0.29) is 59.6 Å². The number of carboxylic acids is 6. The number of aromatic nitrogens is 12. The molecule has 0 aromatic carbocycles. The van der Waals surface area contributed by atoms with Gasteiger partial charge in [0, 0.05) is 167 Å². The minimum Gasteiger partial charge on any atom is -0.548 e. The van der Waals surface area contributed by atoms with Crippen molar-refractivity contribution < 1.29 is 80.5 Å². The molecular formula is C36H48MoN18O12-6. The summed E-state index contributed by atoms with van der Waals surface area (Å²) in [6, 6.07) is -5.78. The molecule has 30 nitrogen and oxygen atoms in total. The number of nitrogens with one attached hydrogen (secondary N) is 6. The minimum absolute atomic E-state index is 0. The molecular weight excluding hydrogens is 972 g/mol. The van der Waals surface area contributed by atoms with Crippen LogP contribution in [-0.2, 0) is 88.4 Å². The molecule has 0 fully saturated rings. The van der Waals surface area contributed by atoms with E-state index in [1.165, 1.54) is 75.1 Å². The number of carbonyl (C=O) groups is 6. The monoisotopic (exact) mass is 1020 g/mol. The Morgan fingerprint density at radius 2 is 0.448 bits per heavy atom. The van der Waals surface area contributed by atoms with Crippen molar-refractivity contribution in [3.63, 3.8) is 0 Å². The summed E-state index contributed by atoms with van der Waals surface area (Å²) in [5.41, 5.74) is 35.4. The van der Waals surface area contributed by atoms with Gasteiger partial charge in [-0.1, -0.05) is 0 Å². The first kappa shape index (κ1) is 59.5. The van der Waals surface area contributed by atoms with Crippen molar-refractivity contribution in [3.05, 3.63) is 109 Å². The Balaban J connectivity index is 0.000000778. The quantitative estimate of drug-likeness (QED) is 0.0356. The SMILES string of the molecule is N[C@@H](Cc1cnc[nH]1)C(=O)[O-].N[C@@H](Cc1cnc[nH]1)C(=O)[O-].N[C@@H](Cc1cnc[nH]1)C(=O)[O-].N[C@@H](Cc1cnc[nH]1)C(=O)[O-].N[C@@H](Cc1cnc[nH]1)C(=O)[O-].N[C@@H](Cc1cnc[nH]1)C(=O)[O-].[Mo]. The maximum atomic E-state index is 10.2. The third-order valence-electron chi connectivity index (χ3n) is 7.78. The van der Waals surface area contributed by atoms with Crippen molar-refractivity contribution in [2.24, 2.45) is 34.4 Å². The Morgan fingerprint density at radius 1 is 0.328 bits per heavy atom. The van der Waals surface area contributed by atoms with Gasteiger partial charge >= 0.3 is 0 Å². The first-order valence-corrected chi connectivity index (χ1v) is 18.8. The van der Waals surface area contributed by atoms with Crippen LogP contribution in [0.2, 0.25) is 0 Å². The van der Waals surface area contributed by atoms with Gasteiger partial charge in [0.25, 0.3) is 0 Å². The van der Waals surface area contributed by atoms with Crippen LogP contribution in [0.5, 0.6) is 0 Å². The fourth-order valence-corrected chi connectivity index (χ4v) is 4.30. The molecule has 0 saturated heterocycles. The minimum atomic E-state index is -1.25. The largest absolute Gasteiger partial charge is 0.548 e. The third kappa shape index (κ3) is 27.5. The summed E-state index contributed by atoms with van der Waals surface area (Å²) in [7, 11) is 0. The average molecular weight is 1020 g/mol. The van der Waals surface area contributed by atoms with Crippen LogP contribution in [-0.4, -0.2) is 132 Å². The molecule has 18 N–H and O–H groups in total. The average Bonchev–Trinajstić information content (AvgIpc) is 4.11. The molecule has 6 heterocycles. The van der Waals surface area contributed by atoms with Crippen LogP contribution >= 0.6 is 0 Å². The molecule has 6 aromatic heterocycles. The van der Waals surface area contributed by atoms with Crippen LogP contribution < -0.4 is 65.0 Å². The van der Waals surface area contributed by atoms with Crippen molar-refractivity contribution in [2.45, 2.75) is 74.8 Å². The van der Waals surface area contributed by atoms with Gasteiger partial charge in [-0.3, -0.25) is 0 Å². The molecule has 6 rings (SSSR count). The van der Waals surface area contributed by atoms with E-state index in [9.17, 15) is 59.4 Å². The van der Waals surface area contributed by atoms with Gasteiger partial charge < -0.3 is 124 Å². The zero-order chi connectivity index (χ0) is 49.6. The maximum Gasteiger partial charge on any atom is 0.0921 e. The second kappa shape index (κ2) is 33.1. The molecule has 6 aromatic rings. The van der Waals surface area contributed by atoms with Crippen LogP contribution in [0.15, 0.2) is 75.1 Å². The Hall–Kier alpha value is -7.47. The van der Waals surface area contributed by atoms with E-state index in [0.717, 1.165) is 0 Å². The molecule has 0 aliphatic heterocycles. The van der Waals surface area contributed by atoms with Crippen molar-refractivity contribution in [1.82, 2.24) is 59.8 Å². The van der Waals surface area contributed by atoms with Crippen molar-refractivity contribution in [1.29, 1.82) is 0 Å². The third-order valence-corrected chi connectivity index (χ3v) is 7.78. The number of imidazole rings is 6. The molecule has 0 unspecified atom stereocenters. The summed E-state index contributed by atoms with van der Waals surface area (Å²) in [5, 5.41) is 60.9. The van der Waals surface area contributed by atoms with Gasteiger partial charge in [0.1, 0.15) is 0 Å². The normalized spacial score (nSPS) is 12.6. The van der Waals surface area contributed by atoms with Gasteiger partial charge in [-0.05, 0) is 0 Å². The number of aromatic amines is 6. The van der Waals surface area contributed by atoms with E-state index in [0.29, 0.717) is 34.2 Å². The maximum absolute atomic E-state index is 10.2. The summed E-state index contributed by atoms with van der Waals surface area (Å²) in [4.78, 5) is 99.6. The molecule has 0 aliphatic rings. The smallest absolute Gasteiger partial charge is 0.0921 e. The Morgan fingerprint density at radius 3 is 0.522 bits per heavy atom. The summed E-state index contributed by atoms with van der Waals surface area (Å²) in [6.07, 6.45) is 19.3. The molecule has 0 spiro atoms. The topological polar surface area (TPSA) is 569 Å². The Kier molecular flexibility index (Phi) is 29.4. The van der Waals surface area contributed by atoms with Gasteiger partial charge in [-0.25, -0.2) is 29.9 Å². The van der Waals surface area contributed by atoms with Crippen molar-refractivity contribution in [2.75, 3.05) is 0 Å². The van der Waals surface area contributed by atoms with Gasteiger partial charge in [0.15, 0.2) is 0 Å². The van der Waals surface area contributed by atoms with Gasteiger partial charge in [-0.2, -0.15) is 0 Å². The first-order chi connectivity index (χ1) is 31.2. The molecule has 0 bridgehead atoms. The zero-order valence-corrected chi connectivity index (χ0v) is 37.1. The molecule has 0 radical (unpaired) electrons. The molecule has 366 valence electrons. The number of nitrogens with two attached hydrogens (primary N) is 6. The summed E-state index contributed by atoms with van der Waals surface area (Å²) in [5.74, 6) is -7.50. The number of nitrogens with zero attached hydrogens (tertiary/aromatic N) is 6. The molecule has 0 amide bonds. The number of H-pyrrole nitrogens is 6. The Bertz CT molecular complexity index is 1800. The molecule has 6 atom stereocenters. The number of aliphatic carboxylic acids is 6. The van der Waals surface area contributed by atoms with E-state index in [4.69, 9.17) is 34.4 Å². The number of hydrogen-bond acceptors (Lipinski definition) is 24. The van der Waals surface area contributed by atoms with Crippen LogP contribution in [0.1, 0.15) is 34.2 Å². The standard InChI is InChI=1S/6C6H9N3O2.Mo/c6*7-5(6(10)11)1-4-2-8-3-9-4;/h6*2-3,5H,1,7H2,(H,8,9)(H,10,11);/p-6/t6*5-;/m000000./s1. The predicted molar refractivity (Wildman–Crippen MR) is 212 cm³/mol. The van der Waals surface area contributed by atoms with E-state index < -0.39 is 72.1 Å². The second-order valence-corrected chi connectivity index (χ2v) is 13.2. The molecule has 0 saturated carbocycles. The number of carboxylic acid groups (broad SMARTS) is 6. The van der Waals surface area contributed by atoms with E-state index in [1.54, 1.807) is 0 Å². The second-order valence-electron chi connectivity index (χ2n) is 13.2. The van der Waals surface area contributed by atoms with Gasteiger partial charge in [-0.15, -0.1) is 0 Å².